The first-order valence-corrected chi connectivity index (χ1v) is 11.2. The van der Waals surface area contributed by atoms with Crippen LogP contribution in [-0.2, 0) is 19.0 Å². The Balaban J connectivity index is 1.66. The molecule has 0 aromatic carbocycles. The molecule has 172 valence electrons. The highest BCUT2D eigenvalue weighted by atomic mass is 16.8. The average Bonchev–Trinajstić information content (AvgIpc) is 3.36. The second-order valence-corrected chi connectivity index (χ2v) is 11.9. The van der Waals surface area contributed by atoms with Crippen molar-refractivity contribution in [2.45, 2.75) is 94.5 Å². The van der Waals surface area contributed by atoms with Crippen LogP contribution >= 0.6 is 0 Å². The van der Waals surface area contributed by atoms with Crippen molar-refractivity contribution in [1.29, 1.82) is 0 Å². The van der Waals surface area contributed by atoms with Crippen molar-refractivity contribution in [3.05, 3.63) is 11.6 Å². The summed E-state index contributed by atoms with van der Waals surface area (Å²) in [5, 5.41) is 47.3. The van der Waals surface area contributed by atoms with Gasteiger partial charge in [-0.2, -0.15) is 0 Å². The predicted molar refractivity (Wildman–Crippen MR) is 106 cm³/mol. The second kappa shape index (κ2) is 4.97. The molecule has 2 aliphatic heterocycles. The topological polar surface area (TPSA) is 129 Å². The summed E-state index contributed by atoms with van der Waals surface area (Å²) in [7, 11) is 0. The van der Waals surface area contributed by atoms with Crippen LogP contribution in [0.1, 0.15) is 48.0 Å². The summed E-state index contributed by atoms with van der Waals surface area (Å²) in [5.74, 6) is -3.39. The van der Waals surface area contributed by atoms with Crippen LogP contribution in [-0.4, -0.2) is 79.3 Å². The first kappa shape index (κ1) is 20.7. The number of rotatable bonds is 0. The number of carbonyl (C=O) groups excluding carboxylic acids is 1. The Hall–Kier alpha value is -0.870. The van der Waals surface area contributed by atoms with Crippen LogP contribution in [0.3, 0.4) is 0 Å². The number of fused-ring (bicyclic) bond motifs is 3. The number of aliphatic hydroxyl groups excluding tert-OH is 1. The van der Waals surface area contributed by atoms with E-state index in [0.29, 0.717) is 5.57 Å². The lowest BCUT2D eigenvalue weighted by atomic mass is 9.28. The van der Waals surface area contributed by atoms with Crippen molar-refractivity contribution in [3.8, 4) is 0 Å². The van der Waals surface area contributed by atoms with Crippen molar-refractivity contribution in [1.82, 2.24) is 0 Å². The molecule has 2 saturated heterocycles. The van der Waals surface area contributed by atoms with Crippen molar-refractivity contribution in [2.75, 3.05) is 6.61 Å². The Kier molecular flexibility index (Phi) is 3.32. The van der Waals surface area contributed by atoms with E-state index in [4.69, 9.17) is 14.2 Å². The number of epoxide rings is 1. The van der Waals surface area contributed by atoms with Gasteiger partial charge in [0.1, 0.15) is 17.8 Å². The Morgan fingerprint density at radius 1 is 1.06 bits per heavy atom. The van der Waals surface area contributed by atoms with Crippen molar-refractivity contribution in [2.24, 2.45) is 22.7 Å². The molecule has 8 nitrogen and oxygen atoms in total. The molecule has 0 radical (unpaired) electrons. The van der Waals surface area contributed by atoms with Crippen LogP contribution in [0.5, 0.6) is 0 Å². The zero-order chi connectivity index (χ0) is 22.8. The van der Waals surface area contributed by atoms with E-state index in [1.54, 1.807) is 33.8 Å². The lowest BCUT2D eigenvalue weighted by Crippen LogP contribution is -2.89. The minimum Gasteiger partial charge on any atom is -0.390 e. The van der Waals surface area contributed by atoms with E-state index in [1.807, 2.05) is 13.8 Å². The fourth-order valence-electron chi connectivity index (χ4n) is 8.42. The summed E-state index contributed by atoms with van der Waals surface area (Å²) in [4.78, 5) is 13.5. The average molecular weight is 437 g/mol. The van der Waals surface area contributed by atoms with E-state index in [2.05, 4.69) is 0 Å². The number of ketones is 1. The monoisotopic (exact) mass is 436 g/mol. The number of Topliss-reactive ketones (excluding diaryl/α,β-unsaturated/α-hetero) is 1. The van der Waals surface area contributed by atoms with Crippen LogP contribution in [0.2, 0.25) is 0 Å². The van der Waals surface area contributed by atoms with Gasteiger partial charge in [0, 0.05) is 22.7 Å². The summed E-state index contributed by atoms with van der Waals surface area (Å²) in [6, 6.07) is 0. The van der Waals surface area contributed by atoms with Gasteiger partial charge in [0.2, 0.25) is 0 Å². The molecule has 7 aliphatic rings. The zero-order valence-electron chi connectivity index (χ0n) is 18.8. The second-order valence-electron chi connectivity index (χ2n) is 11.9. The van der Waals surface area contributed by atoms with Gasteiger partial charge in [-0.1, -0.05) is 26.8 Å². The zero-order valence-corrected chi connectivity index (χ0v) is 18.8. The molecule has 0 amide bonds. The largest absolute Gasteiger partial charge is 0.390 e. The number of hydrogen-bond acceptors (Lipinski definition) is 8. The maximum Gasteiger partial charge on any atom is 0.193 e. The summed E-state index contributed by atoms with van der Waals surface area (Å²) < 4.78 is 18.4. The van der Waals surface area contributed by atoms with Gasteiger partial charge in [-0.3, -0.25) is 4.79 Å². The smallest absolute Gasteiger partial charge is 0.193 e. The molecule has 0 aromatic rings. The number of aliphatic hydroxyl groups is 4. The molecule has 4 N–H and O–H groups in total. The third-order valence-electron chi connectivity index (χ3n) is 10.3. The van der Waals surface area contributed by atoms with Gasteiger partial charge in [-0.15, -0.1) is 0 Å². The van der Waals surface area contributed by atoms with Gasteiger partial charge < -0.3 is 34.6 Å². The number of carbonyl (C=O) groups is 1. The van der Waals surface area contributed by atoms with Crippen LogP contribution in [0, 0.1) is 22.7 Å². The molecule has 2 unspecified atom stereocenters. The summed E-state index contributed by atoms with van der Waals surface area (Å²) in [6.45, 7) is 10.5. The van der Waals surface area contributed by atoms with E-state index < -0.39 is 75.0 Å². The molecule has 6 fully saturated rings. The Morgan fingerprint density at radius 3 is 2.32 bits per heavy atom. The molecule has 2 bridgehead atoms. The standard InChI is InChI=1S/C23H32O8/c1-10-7-12-22(27,13(10)24)16-19(9-29-18(5,6)30-16)15(31-19)20-8-21(26,17(20,3)4)14(25)11(2)23(12,20)28/h7,11-12,14-16,25-28H,8-9H2,1-6H3/t11-,12?,14-,15-,16-,19+,20?,21-,22-,23+/m1/s1. The third-order valence-corrected chi connectivity index (χ3v) is 10.3. The molecule has 0 aromatic heterocycles. The van der Waals surface area contributed by atoms with Crippen LogP contribution in [0.15, 0.2) is 11.6 Å². The van der Waals surface area contributed by atoms with E-state index in [-0.39, 0.29) is 13.0 Å². The van der Waals surface area contributed by atoms with Gasteiger partial charge in [-0.05, 0) is 32.8 Å². The molecule has 7 rings (SSSR count). The van der Waals surface area contributed by atoms with Gasteiger partial charge in [0.25, 0.3) is 0 Å². The number of hydrogen-bond donors (Lipinski definition) is 4. The normalized spacial score (nSPS) is 62.3. The molecule has 2 spiro atoms. The van der Waals surface area contributed by atoms with Crippen molar-refractivity contribution >= 4 is 5.78 Å². The van der Waals surface area contributed by atoms with E-state index in [0.717, 1.165) is 0 Å². The molecule has 5 aliphatic carbocycles. The third kappa shape index (κ3) is 1.68. The molecular weight excluding hydrogens is 404 g/mol. The fraction of sp³-hybridized carbons (Fsp3) is 0.870. The molecular formula is C23H32O8. The van der Waals surface area contributed by atoms with E-state index >= 15 is 0 Å². The maximum atomic E-state index is 13.5. The maximum absolute atomic E-state index is 13.5. The minimum atomic E-state index is -2.08. The molecule has 10 atom stereocenters. The highest BCUT2D eigenvalue weighted by Gasteiger charge is 2.96. The SMILES string of the molecule is CC1=CC2[C@@]3(O)[C@H](C)[C@@H](O)[C@]4(O)CC3([C@@H]3O[C@@]35COC(C)(C)O[C@H]5[C@]2(O)C1=O)C4(C)C. The van der Waals surface area contributed by atoms with Crippen molar-refractivity contribution in [3.63, 3.8) is 0 Å². The van der Waals surface area contributed by atoms with E-state index in [1.165, 1.54) is 0 Å². The Morgan fingerprint density at radius 2 is 1.71 bits per heavy atom. The molecule has 2 heterocycles. The van der Waals surface area contributed by atoms with Crippen LogP contribution in [0.25, 0.3) is 0 Å². The van der Waals surface area contributed by atoms with Gasteiger partial charge in [0.15, 0.2) is 17.2 Å². The van der Waals surface area contributed by atoms with Gasteiger partial charge >= 0.3 is 0 Å². The number of ether oxygens (including phenoxy) is 3. The highest BCUT2D eigenvalue weighted by Crippen LogP contribution is 2.83. The minimum absolute atomic E-state index is 0.0972. The van der Waals surface area contributed by atoms with Crippen LogP contribution < -0.4 is 0 Å². The summed E-state index contributed by atoms with van der Waals surface area (Å²) >= 11 is 0. The molecule has 4 saturated carbocycles. The highest BCUT2D eigenvalue weighted by molar-refractivity contribution is 6.05. The van der Waals surface area contributed by atoms with Crippen LogP contribution in [0.4, 0.5) is 0 Å². The van der Waals surface area contributed by atoms with E-state index in [9.17, 15) is 25.2 Å². The Labute approximate surface area is 181 Å². The van der Waals surface area contributed by atoms with Gasteiger partial charge in [-0.25, -0.2) is 0 Å². The lowest BCUT2D eigenvalue weighted by Gasteiger charge is -2.79. The summed E-state index contributed by atoms with van der Waals surface area (Å²) in [5.41, 5.74) is -7.96. The fourth-order valence-corrected chi connectivity index (χ4v) is 8.42. The predicted octanol–water partition coefficient (Wildman–Crippen LogP) is 0.0545. The van der Waals surface area contributed by atoms with Crippen molar-refractivity contribution < 1.29 is 39.4 Å². The van der Waals surface area contributed by atoms with Gasteiger partial charge in [0.05, 0.1) is 23.9 Å². The summed E-state index contributed by atoms with van der Waals surface area (Å²) in [6.07, 6.45) is -1.15. The lowest BCUT2D eigenvalue weighted by molar-refractivity contribution is -0.418. The first-order chi connectivity index (χ1) is 14.1. The Bertz CT molecular complexity index is 957. The molecule has 31 heavy (non-hydrogen) atoms. The quantitative estimate of drug-likeness (QED) is 0.392. The first-order valence-electron chi connectivity index (χ1n) is 11.2. The molecule has 8 heteroatoms.